The van der Waals surface area contributed by atoms with Gasteiger partial charge in [0.25, 0.3) is 5.91 Å². The van der Waals surface area contributed by atoms with Crippen molar-refractivity contribution >= 4 is 27.5 Å². The molecular weight excluding hydrogens is 358 g/mol. The van der Waals surface area contributed by atoms with Gasteiger partial charge in [-0.2, -0.15) is 0 Å². The molecule has 0 aliphatic heterocycles. The van der Waals surface area contributed by atoms with Crippen LogP contribution in [-0.4, -0.2) is 17.6 Å². The van der Waals surface area contributed by atoms with Crippen LogP contribution in [0.15, 0.2) is 46.9 Å². The molecular formula is C18H20BrNO3. The summed E-state index contributed by atoms with van der Waals surface area (Å²) in [6.45, 7) is 6.20. The van der Waals surface area contributed by atoms with Crippen LogP contribution in [0, 0.1) is 0 Å². The van der Waals surface area contributed by atoms with E-state index in [9.17, 15) is 9.90 Å². The molecule has 2 aromatic carbocycles. The third-order valence-corrected chi connectivity index (χ3v) is 3.90. The lowest BCUT2D eigenvalue weighted by Crippen LogP contribution is -2.22. The summed E-state index contributed by atoms with van der Waals surface area (Å²) < 4.78 is 6.57. The maximum absolute atomic E-state index is 12.0. The van der Waals surface area contributed by atoms with Gasteiger partial charge in [0.1, 0.15) is 11.5 Å². The van der Waals surface area contributed by atoms with E-state index in [-0.39, 0.29) is 23.7 Å². The summed E-state index contributed by atoms with van der Waals surface area (Å²) in [5, 5.41) is 12.0. The fraction of sp³-hybridized carbons (Fsp3) is 0.278. The number of nitrogens with one attached hydrogen (secondary N) is 1. The van der Waals surface area contributed by atoms with Gasteiger partial charge < -0.3 is 15.2 Å². The van der Waals surface area contributed by atoms with Crippen molar-refractivity contribution < 1.29 is 14.6 Å². The number of hydrogen-bond donors (Lipinski definition) is 2. The van der Waals surface area contributed by atoms with E-state index in [2.05, 4.69) is 42.0 Å². The van der Waals surface area contributed by atoms with Gasteiger partial charge >= 0.3 is 0 Å². The van der Waals surface area contributed by atoms with Gasteiger partial charge in [-0.1, -0.05) is 32.9 Å². The van der Waals surface area contributed by atoms with Gasteiger partial charge in [0, 0.05) is 11.3 Å². The fourth-order valence-corrected chi connectivity index (χ4v) is 2.61. The summed E-state index contributed by atoms with van der Waals surface area (Å²) >= 11 is 3.48. The first-order chi connectivity index (χ1) is 10.8. The number of hydrogen-bond acceptors (Lipinski definition) is 3. The molecule has 0 unspecified atom stereocenters. The number of aromatic hydroxyl groups is 1. The molecule has 23 heavy (non-hydrogen) atoms. The number of benzene rings is 2. The number of phenols is 1. The maximum atomic E-state index is 12.0. The monoisotopic (exact) mass is 377 g/mol. The summed E-state index contributed by atoms with van der Waals surface area (Å²) in [6.07, 6.45) is 0. The number of rotatable bonds is 4. The Morgan fingerprint density at radius 3 is 2.43 bits per heavy atom. The van der Waals surface area contributed by atoms with Gasteiger partial charge in [-0.05, 0) is 51.7 Å². The van der Waals surface area contributed by atoms with Crippen molar-refractivity contribution in [1.29, 1.82) is 0 Å². The van der Waals surface area contributed by atoms with Gasteiger partial charge in [0.2, 0.25) is 0 Å². The van der Waals surface area contributed by atoms with E-state index >= 15 is 0 Å². The van der Waals surface area contributed by atoms with E-state index in [0.29, 0.717) is 11.4 Å². The standard InChI is InChI=1S/C18H20BrNO3/c1-18(2,3)14-5-4-6-15(19)17(14)23-11-16(22)20-12-7-9-13(21)10-8-12/h4-10,21H,11H2,1-3H3,(H,20,22). The number of amides is 1. The number of phenolic OH excluding ortho intramolecular Hbond substituents is 1. The van der Waals surface area contributed by atoms with Crippen molar-refractivity contribution in [2.75, 3.05) is 11.9 Å². The van der Waals surface area contributed by atoms with E-state index in [0.717, 1.165) is 10.0 Å². The van der Waals surface area contributed by atoms with E-state index in [1.807, 2.05) is 18.2 Å². The predicted octanol–water partition coefficient (Wildman–Crippen LogP) is 4.47. The van der Waals surface area contributed by atoms with Crippen molar-refractivity contribution in [3.63, 3.8) is 0 Å². The van der Waals surface area contributed by atoms with Crippen molar-refractivity contribution in [3.8, 4) is 11.5 Å². The molecule has 2 N–H and O–H groups in total. The summed E-state index contributed by atoms with van der Waals surface area (Å²) in [5.74, 6) is 0.578. The van der Waals surface area contributed by atoms with Crippen LogP contribution >= 0.6 is 15.9 Å². The Kier molecular flexibility index (Phi) is 5.31. The molecule has 4 nitrogen and oxygen atoms in total. The Bertz CT molecular complexity index is 690. The second-order valence-electron chi connectivity index (χ2n) is 6.25. The molecule has 1 amide bonds. The number of carbonyl (C=O) groups is 1. The normalized spacial score (nSPS) is 11.1. The third kappa shape index (κ3) is 4.73. The van der Waals surface area contributed by atoms with Gasteiger partial charge in [0.05, 0.1) is 4.47 Å². The highest BCUT2D eigenvalue weighted by atomic mass is 79.9. The second-order valence-corrected chi connectivity index (χ2v) is 7.10. The third-order valence-electron chi connectivity index (χ3n) is 3.27. The Labute approximate surface area is 144 Å². The van der Waals surface area contributed by atoms with Crippen molar-refractivity contribution in [1.82, 2.24) is 0 Å². The maximum Gasteiger partial charge on any atom is 0.262 e. The molecule has 122 valence electrons. The quantitative estimate of drug-likeness (QED) is 0.772. The average Bonchev–Trinajstić information content (AvgIpc) is 2.47. The minimum absolute atomic E-state index is 0.0907. The Balaban J connectivity index is 2.06. The molecule has 0 aliphatic carbocycles. The van der Waals surface area contributed by atoms with Gasteiger partial charge in [0.15, 0.2) is 6.61 Å². The molecule has 0 saturated carbocycles. The molecule has 2 aromatic rings. The van der Waals surface area contributed by atoms with Crippen LogP contribution in [-0.2, 0) is 10.2 Å². The minimum Gasteiger partial charge on any atom is -0.508 e. The molecule has 0 radical (unpaired) electrons. The summed E-state index contributed by atoms with van der Waals surface area (Å²) in [5.41, 5.74) is 1.55. The van der Waals surface area contributed by atoms with Crippen LogP contribution in [0.2, 0.25) is 0 Å². The Morgan fingerprint density at radius 2 is 1.83 bits per heavy atom. The number of para-hydroxylation sites is 1. The molecule has 0 atom stereocenters. The van der Waals surface area contributed by atoms with Crippen LogP contribution in [0.4, 0.5) is 5.69 Å². The van der Waals surface area contributed by atoms with Crippen LogP contribution in [0.1, 0.15) is 26.3 Å². The van der Waals surface area contributed by atoms with Crippen molar-refractivity contribution in [3.05, 3.63) is 52.5 Å². The van der Waals surface area contributed by atoms with E-state index in [1.165, 1.54) is 12.1 Å². The summed E-state index contributed by atoms with van der Waals surface area (Å²) in [4.78, 5) is 12.0. The molecule has 0 fully saturated rings. The number of carbonyl (C=O) groups excluding carboxylic acids is 1. The topological polar surface area (TPSA) is 58.6 Å². The number of anilines is 1. The second kappa shape index (κ2) is 7.04. The van der Waals surface area contributed by atoms with Gasteiger partial charge in [-0.25, -0.2) is 0 Å². The number of halogens is 1. The highest BCUT2D eigenvalue weighted by molar-refractivity contribution is 9.10. The molecule has 0 aromatic heterocycles. The zero-order valence-electron chi connectivity index (χ0n) is 13.4. The largest absolute Gasteiger partial charge is 0.508 e. The first kappa shape index (κ1) is 17.3. The Hall–Kier alpha value is -2.01. The van der Waals surface area contributed by atoms with E-state index < -0.39 is 0 Å². The van der Waals surface area contributed by atoms with Crippen molar-refractivity contribution in [2.24, 2.45) is 0 Å². The lowest BCUT2D eigenvalue weighted by Gasteiger charge is -2.23. The highest BCUT2D eigenvalue weighted by Gasteiger charge is 2.21. The van der Waals surface area contributed by atoms with Crippen molar-refractivity contribution in [2.45, 2.75) is 26.2 Å². The van der Waals surface area contributed by atoms with Crippen LogP contribution < -0.4 is 10.1 Å². The molecule has 2 rings (SSSR count). The molecule has 5 heteroatoms. The van der Waals surface area contributed by atoms with Crippen LogP contribution in [0.3, 0.4) is 0 Å². The Morgan fingerprint density at radius 1 is 1.17 bits per heavy atom. The highest BCUT2D eigenvalue weighted by Crippen LogP contribution is 2.36. The summed E-state index contributed by atoms with van der Waals surface area (Å²) in [6, 6.07) is 12.1. The average molecular weight is 378 g/mol. The van der Waals surface area contributed by atoms with E-state index in [1.54, 1.807) is 12.1 Å². The fourth-order valence-electron chi connectivity index (χ4n) is 2.13. The zero-order chi connectivity index (χ0) is 17.0. The lowest BCUT2D eigenvalue weighted by atomic mass is 9.86. The van der Waals surface area contributed by atoms with Gasteiger partial charge in [-0.3, -0.25) is 4.79 Å². The molecule has 0 spiro atoms. The summed E-state index contributed by atoms with van der Waals surface area (Å²) in [7, 11) is 0. The number of ether oxygens (including phenoxy) is 1. The molecule has 0 saturated heterocycles. The molecule has 0 bridgehead atoms. The predicted molar refractivity (Wildman–Crippen MR) is 95.1 cm³/mol. The van der Waals surface area contributed by atoms with Crippen LogP contribution in [0.25, 0.3) is 0 Å². The smallest absolute Gasteiger partial charge is 0.262 e. The molecule has 0 aliphatic rings. The first-order valence-electron chi connectivity index (χ1n) is 7.28. The lowest BCUT2D eigenvalue weighted by molar-refractivity contribution is -0.118. The SMILES string of the molecule is CC(C)(C)c1cccc(Br)c1OCC(=O)Nc1ccc(O)cc1. The van der Waals surface area contributed by atoms with Gasteiger partial charge in [-0.15, -0.1) is 0 Å². The zero-order valence-corrected chi connectivity index (χ0v) is 15.0. The van der Waals surface area contributed by atoms with E-state index in [4.69, 9.17) is 4.74 Å². The molecule has 0 heterocycles. The van der Waals surface area contributed by atoms with Crippen LogP contribution in [0.5, 0.6) is 11.5 Å². The minimum atomic E-state index is -0.258. The first-order valence-corrected chi connectivity index (χ1v) is 8.07.